The van der Waals surface area contributed by atoms with Crippen LogP contribution >= 0.6 is 11.8 Å². The van der Waals surface area contributed by atoms with Crippen molar-refractivity contribution in [2.24, 2.45) is 11.5 Å². The van der Waals surface area contributed by atoms with Gasteiger partial charge in [0.15, 0.2) is 0 Å². The first-order valence-electron chi connectivity index (χ1n) is 10.9. The van der Waals surface area contributed by atoms with E-state index in [0.29, 0.717) is 37.3 Å². The zero-order valence-corrected chi connectivity index (χ0v) is 20.0. The summed E-state index contributed by atoms with van der Waals surface area (Å²) in [6.07, 6.45) is 6.32. The van der Waals surface area contributed by atoms with Crippen molar-refractivity contribution >= 4 is 35.5 Å². The molecule has 4 atom stereocenters. The lowest BCUT2D eigenvalue weighted by Crippen LogP contribution is -2.58. The van der Waals surface area contributed by atoms with Gasteiger partial charge in [-0.2, -0.15) is 11.8 Å². The number of aliphatic carboxylic acids is 1. The van der Waals surface area contributed by atoms with E-state index in [4.69, 9.17) is 11.5 Å². The van der Waals surface area contributed by atoms with Crippen molar-refractivity contribution in [2.75, 3.05) is 25.2 Å². The molecule has 4 unspecified atom stereocenters. The Kier molecular flexibility index (Phi) is 13.8. The number of carboxylic acids is 1. The summed E-state index contributed by atoms with van der Waals surface area (Å²) in [6, 6.07) is -4.53. The minimum Gasteiger partial charge on any atom is -0.480 e. The molecule has 192 valence electrons. The van der Waals surface area contributed by atoms with E-state index in [-0.39, 0.29) is 12.8 Å². The topological polar surface area (TPSA) is 226 Å². The van der Waals surface area contributed by atoms with Gasteiger partial charge >= 0.3 is 5.97 Å². The standard InChI is InChI=1S/C20H35N7O6S/c1-34-7-5-13(22)17(29)27-16(10-28)19(31)25-14(4-2-3-6-21)18(30)26-15(20(32)33)8-12-9-23-11-24-12/h9,11,13-16,28H,2-8,10,21-22H2,1H3,(H,23,24)(H,25,31)(H,26,30)(H,27,29)(H,32,33). The van der Waals surface area contributed by atoms with Gasteiger partial charge in [0.1, 0.15) is 18.1 Å². The number of imidazole rings is 1. The Morgan fingerprint density at radius 2 is 1.71 bits per heavy atom. The number of aromatic nitrogens is 2. The van der Waals surface area contributed by atoms with E-state index in [2.05, 4.69) is 25.9 Å². The number of carboxylic acid groups (broad SMARTS) is 1. The molecule has 10 N–H and O–H groups in total. The van der Waals surface area contributed by atoms with Gasteiger partial charge in [-0.1, -0.05) is 0 Å². The van der Waals surface area contributed by atoms with Crippen LogP contribution in [0.5, 0.6) is 0 Å². The highest BCUT2D eigenvalue weighted by molar-refractivity contribution is 7.98. The number of carbonyl (C=O) groups excluding carboxylic acids is 3. The summed E-state index contributed by atoms with van der Waals surface area (Å²) in [5, 5.41) is 26.4. The van der Waals surface area contributed by atoms with E-state index in [1.807, 2.05) is 6.26 Å². The molecule has 0 bridgehead atoms. The number of carbonyl (C=O) groups is 4. The smallest absolute Gasteiger partial charge is 0.326 e. The Hall–Kier alpha value is -2.68. The maximum absolute atomic E-state index is 12.9. The van der Waals surface area contributed by atoms with Crippen molar-refractivity contribution in [3.8, 4) is 0 Å². The number of thioether (sulfide) groups is 1. The molecule has 0 fully saturated rings. The van der Waals surface area contributed by atoms with Gasteiger partial charge in [-0.15, -0.1) is 0 Å². The molecule has 14 heteroatoms. The van der Waals surface area contributed by atoms with E-state index >= 15 is 0 Å². The van der Waals surface area contributed by atoms with Gasteiger partial charge < -0.3 is 42.6 Å². The molecule has 34 heavy (non-hydrogen) atoms. The number of hydrogen-bond donors (Lipinski definition) is 8. The zero-order chi connectivity index (χ0) is 25.5. The van der Waals surface area contributed by atoms with Gasteiger partial charge in [0.25, 0.3) is 0 Å². The van der Waals surface area contributed by atoms with Gasteiger partial charge in [0, 0.05) is 18.3 Å². The average molecular weight is 502 g/mol. The van der Waals surface area contributed by atoms with Crippen molar-refractivity contribution < 1.29 is 29.4 Å². The van der Waals surface area contributed by atoms with Gasteiger partial charge in [-0.05, 0) is 44.2 Å². The van der Waals surface area contributed by atoms with Gasteiger partial charge in [-0.25, -0.2) is 9.78 Å². The molecule has 13 nitrogen and oxygen atoms in total. The highest BCUT2D eigenvalue weighted by Crippen LogP contribution is 2.05. The predicted octanol–water partition coefficient (Wildman–Crippen LogP) is -2.31. The minimum absolute atomic E-state index is 0.0339. The summed E-state index contributed by atoms with van der Waals surface area (Å²) in [6.45, 7) is -0.329. The lowest BCUT2D eigenvalue weighted by atomic mass is 10.1. The molecular formula is C20H35N7O6S. The fraction of sp³-hybridized carbons (Fsp3) is 0.650. The number of aliphatic hydroxyl groups excluding tert-OH is 1. The fourth-order valence-electron chi connectivity index (χ4n) is 2.97. The molecule has 1 aromatic heterocycles. The van der Waals surface area contributed by atoms with E-state index in [9.17, 15) is 29.4 Å². The first kappa shape index (κ1) is 29.4. The van der Waals surface area contributed by atoms with Crippen LogP contribution in [0.3, 0.4) is 0 Å². The van der Waals surface area contributed by atoms with Gasteiger partial charge in [0.05, 0.1) is 19.0 Å². The summed E-state index contributed by atoms with van der Waals surface area (Å²) >= 11 is 1.52. The Balaban J connectivity index is 2.84. The molecule has 1 heterocycles. The number of rotatable bonds is 17. The molecular weight excluding hydrogens is 466 g/mol. The SMILES string of the molecule is CSCCC(N)C(=O)NC(CO)C(=O)NC(CCCCN)C(=O)NC(Cc1cnc[nH]1)C(=O)O. The molecule has 0 radical (unpaired) electrons. The summed E-state index contributed by atoms with van der Waals surface area (Å²) in [5.41, 5.74) is 11.8. The van der Waals surface area contributed by atoms with Crippen molar-refractivity contribution in [3.05, 3.63) is 18.2 Å². The van der Waals surface area contributed by atoms with Crippen LogP contribution in [0.2, 0.25) is 0 Å². The third-order valence-electron chi connectivity index (χ3n) is 4.96. The van der Waals surface area contributed by atoms with Crippen molar-refractivity contribution in [3.63, 3.8) is 0 Å². The van der Waals surface area contributed by atoms with Crippen LogP contribution in [0.4, 0.5) is 0 Å². The van der Waals surface area contributed by atoms with E-state index in [0.717, 1.165) is 0 Å². The Labute approximate surface area is 202 Å². The van der Waals surface area contributed by atoms with Crippen LogP contribution in [0.25, 0.3) is 0 Å². The minimum atomic E-state index is -1.32. The number of aliphatic hydroxyl groups is 1. The Morgan fingerprint density at radius 3 is 2.26 bits per heavy atom. The molecule has 0 aromatic carbocycles. The molecule has 0 aliphatic carbocycles. The van der Waals surface area contributed by atoms with Crippen molar-refractivity contribution in [1.29, 1.82) is 0 Å². The highest BCUT2D eigenvalue weighted by Gasteiger charge is 2.30. The van der Waals surface area contributed by atoms with Gasteiger partial charge in [0.2, 0.25) is 17.7 Å². The monoisotopic (exact) mass is 501 g/mol. The Morgan fingerprint density at radius 1 is 1.06 bits per heavy atom. The summed E-state index contributed by atoms with van der Waals surface area (Å²) in [7, 11) is 0. The lowest BCUT2D eigenvalue weighted by molar-refractivity contribution is -0.142. The number of unbranched alkanes of at least 4 members (excludes halogenated alkanes) is 1. The first-order valence-corrected chi connectivity index (χ1v) is 12.3. The predicted molar refractivity (Wildman–Crippen MR) is 127 cm³/mol. The molecule has 0 saturated heterocycles. The third kappa shape index (κ3) is 10.5. The second kappa shape index (κ2) is 16.0. The third-order valence-corrected chi connectivity index (χ3v) is 5.60. The summed E-state index contributed by atoms with van der Waals surface area (Å²) in [4.78, 5) is 56.0. The zero-order valence-electron chi connectivity index (χ0n) is 19.2. The summed E-state index contributed by atoms with van der Waals surface area (Å²) < 4.78 is 0. The average Bonchev–Trinajstić information content (AvgIpc) is 3.32. The van der Waals surface area contributed by atoms with Crippen molar-refractivity contribution in [1.82, 2.24) is 25.9 Å². The molecule has 0 aliphatic rings. The number of nitrogens with two attached hydrogens (primary N) is 2. The normalized spacial score (nSPS) is 14.5. The van der Waals surface area contributed by atoms with Crippen LogP contribution in [0.1, 0.15) is 31.4 Å². The largest absolute Gasteiger partial charge is 0.480 e. The molecule has 0 aliphatic heterocycles. The fourth-order valence-corrected chi connectivity index (χ4v) is 3.46. The van der Waals surface area contributed by atoms with Crippen LogP contribution in [0.15, 0.2) is 12.5 Å². The maximum Gasteiger partial charge on any atom is 0.326 e. The van der Waals surface area contributed by atoms with Crippen LogP contribution in [-0.4, -0.2) is 93.2 Å². The molecule has 0 spiro atoms. The van der Waals surface area contributed by atoms with Crippen LogP contribution in [-0.2, 0) is 25.6 Å². The number of nitrogens with one attached hydrogen (secondary N) is 4. The van der Waals surface area contributed by atoms with Crippen LogP contribution in [0, 0.1) is 0 Å². The first-order chi connectivity index (χ1) is 16.2. The van der Waals surface area contributed by atoms with Gasteiger partial charge in [-0.3, -0.25) is 14.4 Å². The Bertz CT molecular complexity index is 779. The number of amides is 3. The molecule has 0 saturated carbocycles. The molecule has 1 aromatic rings. The maximum atomic E-state index is 12.9. The number of H-pyrrole nitrogens is 1. The summed E-state index contributed by atoms with van der Waals surface area (Å²) in [5.74, 6) is -2.71. The highest BCUT2D eigenvalue weighted by atomic mass is 32.2. The van der Waals surface area contributed by atoms with E-state index < -0.39 is 54.5 Å². The van der Waals surface area contributed by atoms with Crippen LogP contribution < -0.4 is 27.4 Å². The number of hydrogen-bond acceptors (Lipinski definition) is 9. The molecule has 1 rings (SSSR count). The van der Waals surface area contributed by atoms with Crippen molar-refractivity contribution in [2.45, 2.75) is 56.3 Å². The lowest BCUT2D eigenvalue weighted by Gasteiger charge is -2.24. The quantitative estimate of drug-likeness (QED) is 0.106. The second-order valence-electron chi connectivity index (χ2n) is 7.66. The molecule has 3 amide bonds. The number of nitrogens with zero attached hydrogens (tertiary/aromatic N) is 1. The second-order valence-corrected chi connectivity index (χ2v) is 8.64. The van der Waals surface area contributed by atoms with E-state index in [1.165, 1.54) is 24.3 Å². The number of aromatic amines is 1. The van der Waals surface area contributed by atoms with E-state index in [1.54, 1.807) is 0 Å².